The molecule has 3 rings (SSSR count). The van der Waals surface area contributed by atoms with E-state index in [0.29, 0.717) is 24.5 Å². The van der Waals surface area contributed by atoms with Crippen LogP contribution in [0.25, 0.3) is 0 Å². The van der Waals surface area contributed by atoms with Crippen LogP contribution >= 0.6 is 0 Å². The number of amides is 1. The van der Waals surface area contributed by atoms with Gasteiger partial charge < -0.3 is 19.5 Å². The second-order valence-corrected chi connectivity index (χ2v) is 10.9. The molecule has 0 bridgehead atoms. The molecule has 3 atom stereocenters. The van der Waals surface area contributed by atoms with Crippen LogP contribution in [0.1, 0.15) is 78.2 Å². The van der Waals surface area contributed by atoms with Crippen LogP contribution < -0.4 is 9.47 Å². The molecular weight excluding hydrogens is 456 g/mol. The average molecular weight is 501 g/mol. The van der Waals surface area contributed by atoms with E-state index in [1.165, 1.54) is 0 Å². The Kier molecular flexibility index (Phi) is 9.83. The number of allylic oxidation sites excluding steroid dienone is 2. The van der Waals surface area contributed by atoms with Crippen molar-refractivity contribution in [2.75, 3.05) is 33.0 Å². The zero-order valence-electron chi connectivity index (χ0n) is 22.7. The lowest BCUT2D eigenvalue weighted by Gasteiger charge is -2.34. The first-order chi connectivity index (χ1) is 17.2. The number of hydrogen-bond acceptors (Lipinski definition) is 5. The highest BCUT2D eigenvalue weighted by Crippen LogP contribution is 2.45. The summed E-state index contributed by atoms with van der Waals surface area (Å²) in [5.41, 5.74) is 0.728. The molecule has 1 amide bonds. The first-order valence-corrected chi connectivity index (χ1v) is 13.5. The van der Waals surface area contributed by atoms with Crippen molar-refractivity contribution >= 4 is 11.9 Å². The number of nitrogens with zero attached hydrogens (tertiary/aromatic N) is 2. The molecule has 7 heteroatoms. The fourth-order valence-electron chi connectivity index (χ4n) is 5.62. The highest BCUT2D eigenvalue weighted by Gasteiger charge is 2.48. The Morgan fingerprint density at radius 3 is 2.42 bits per heavy atom. The molecule has 2 heterocycles. The molecule has 0 radical (unpaired) electrons. The highest BCUT2D eigenvalue weighted by molar-refractivity contribution is 5.79. The number of carbonyl (C=O) groups excluding carboxylic acids is 1. The molecule has 1 saturated heterocycles. The van der Waals surface area contributed by atoms with Crippen molar-refractivity contribution in [3.63, 3.8) is 0 Å². The Labute approximate surface area is 216 Å². The lowest BCUT2D eigenvalue weighted by Crippen LogP contribution is -2.45. The quantitative estimate of drug-likeness (QED) is 0.370. The van der Waals surface area contributed by atoms with E-state index >= 15 is 0 Å². The number of carbonyl (C=O) groups is 2. The van der Waals surface area contributed by atoms with Gasteiger partial charge in [0.25, 0.3) is 0 Å². The van der Waals surface area contributed by atoms with Gasteiger partial charge in [-0.25, -0.2) is 0 Å². The number of unbranched alkanes of at least 4 members (excludes halogenated alkanes) is 2. The summed E-state index contributed by atoms with van der Waals surface area (Å²) in [7, 11) is 0. The molecule has 36 heavy (non-hydrogen) atoms. The third kappa shape index (κ3) is 6.81. The Balaban J connectivity index is 1.91. The van der Waals surface area contributed by atoms with E-state index in [9.17, 15) is 14.7 Å². The molecule has 0 saturated carbocycles. The minimum absolute atomic E-state index is 0.0983. The fourth-order valence-corrected chi connectivity index (χ4v) is 5.62. The van der Waals surface area contributed by atoms with Gasteiger partial charge in [-0.05, 0) is 49.3 Å². The molecule has 200 valence electrons. The maximum Gasteiger partial charge on any atom is 0.308 e. The predicted molar refractivity (Wildman–Crippen MR) is 141 cm³/mol. The first-order valence-electron chi connectivity index (χ1n) is 13.5. The number of hydrogen-bond donors (Lipinski definition) is 1. The molecule has 0 spiro atoms. The molecule has 1 N–H and O–H groups in total. The Morgan fingerprint density at radius 2 is 1.81 bits per heavy atom. The van der Waals surface area contributed by atoms with Gasteiger partial charge in [0.15, 0.2) is 11.5 Å². The number of benzene rings is 1. The summed E-state index contributed by atoms with van der Waals surface area (Å²) < 4.78 is 11.0. The Bertz CT molecular complexity index is 920. The maximum absolute atomic E-state index is 13.5. The smallest absolute Gasteiger partial charge is 0.308 e. The van der Waals surface area contributed by atoms with Crippen molar-refractivity contribution in [2.24, 2.45) is 11.3 Å². The zero-order chi connectivity index (χ0) is 26.3. The van der Waals surface area contributed by atoms with Crippen LogP contribution in [-0.2, 0) is 9.59 Å². The molecule has 0 aliphatic carbocycles. The molecule has 2 aliphatic rings. The second kappa shape index (κ2) is 12.6. The maximum atomic E-state index is 13.5. The average Bonchev–Trinajstić information content (AvgIpc) is 3.43. The fraction of sp³-hybridized carbons (Fsp3) is 0.655. The zero-order valence-corrected chi connectivity index (χ0v) is 22.7. The van der Waals surface area contributed by atoms with Gasteiger partial charge in [-0.15, -0.1) is 0 Å². The number of aliphatic carboxylic acids is 1. The molecule has 2 aliphatic heterocycles. The Morgan fingerprint density at radius 1 is 1.14 bits per heavy atom. The molecule has 0 unspecified atom stereocenters. The van der Waals surface area contributed by atoms with Gasteiger partial charge in [-0.2, -0.15) is 0 Å². The number of ether oxygens (including phenoxy) is 2. The first kappa shape index (κ1) is 28.0. The van der Waals surface area contributed by atoms with Crippen molar-refractivity contribution in [3.05, 3.63) is 35.9 Å². The standard InChI is InChI=1S/C29H44N2O5/c1-6-9-14-30(15-10-7-2)26(32)19-31-18-22(21-11-12-24-25(16-21)36-20-35-24)27(28(33)34)23(31)17-29(4,5)13-8-3/h8,11-13,16,22-23,27H,6-7,9-10,14-15,17-20H2,1-5H3,(H,33,34)/t22-,23+,27-/m1/s1. The molecule has 1 aromatic rings. The van der Waals surface area contributed by atoms with Gasteiger partial charge in [0.05, 0.1) is 12.5 Å². The van der Waals surface area contributed by atoms with Gasteiger partial charge in [0.2, 0.25) is 12.7 Å². The summed E-state index contributed by atoms with van der Waals surface area (Å²) in [4.78, 5) is 30.3. The third-order valence-corrected chi connectivity index (χ3v) is 7.47. The van der Waals surface area contributed by atoms with Crippen molar-refractivity contribution in [2.45, 2.75) is 78.7 Å². The lowest BCUT2D eigenvalue weighted by molar-refractivity contribution is -0.144. The summed E-state index contributed by atoms with van der Waals surface area (Å²) in [5.74, 6) is -0.242. The van der Waals surface area contributed by atoms with Gasteiger partial charge in [-0.1, -0.05) is 58.8 Å². The van der Waals surface area contributed by atoms with E-state index in [1.807, 2.05) is 36.1 Å². The number of fused-ring (bicyclic) bond motifs is 1. The number of likely N-dealkylation sites (tertiary alicyclic amines) is 1. The second-order valence-electron chi connectivity index (χ2n) is 10.9. The van der Waals surface area contributed by atoms with Crippen molar-refractivity contribution in [1.29, 1.82) is 0 Å². The number of carboxylic acid groups (broad SMARTS) is 1. The lowest BCUT2D eigenvalue weighted by atomic mass is 9.77. The minimum Gasteiger partial charge on any atom is -0.481 e. The van der Waals surface area contributed by atoms with Gasteiger partial charge in [-0.3, -0.25) is 14.5 Å². The van der Waals surface area contributed by atoms with Gasteiger partial charge in [0.1, 0.15) is 0 Å². The summed E-state index contributed by atoms with van der Waals surface area (Å²) in [5, 5.41) is 10.4. The number of carboxylic acids is 1. The van der Waals surface area contributed by atoms with Crippen LogP contribution in [0.5, 0.6) is 11.5 Å². The highest BCUT2D eigenvalue weighted by atomic mass is 16.7. The monoisotopic (exact) mass is 500 g/mol. The van der Waals surface area contributed by atoms with Crippen molar-refractivity contribution in [3.8, 4) is 11.5 Å². The van der Waals surface area contributed by atoms with E-state index in [-0.39, 0.29) is 36.6 Å². The van der Waals surface area contributed by atoms with E-state index in [0.717, 1.165) is 44.3 Å². The van der Waals surface area contributed by atoms with Crippen LogP contribution in [-0.4, -0.2) is 65.8 Å². The van der Waals surface area contributed by atoms with Crippen LogP contribution in [0.15, 0.2) is 30.4 Å². The molecular formula is C29H44N2O5. The van der Waals surface area contributed by atoms with Crippen LogP contribution in [0.4, 0.5) is 0 Å². The van der Waals surface area contributed by atoms with Crippen LogP contribution in [0, 0.1) is 11.3 Å². The van der Waals surface area contributed by atoms with E-state index in [1.54, 1.807) is 0 Å². The SMILES string of the molecule is CC=CC(C)(C)C[C@H]1[C@H](C(=O)O)[C@@H](c2ccc3c(c2)OCO3)CN1CC(=O)N(CCCC)CCCC. The Hall–Kier alpha value is -2.54. The molecule has 1 fully saturated rings. The number of rotatable bonds is 13. The van der Waals surface area contributed by atoms with Gasteiger partial charge in [0, 0.05) is 31.6 Å². The van der Waals surface area contributed by atoms with E-state index < -0.39 is 11.9 Å². The predicted octanol–water partition coefficient (Wildman–Crippen LogP) is 5.31. The molecule has 1 aromatic carbocycles. The van der Waals surface area contributed by atoms with E-state index in [2.05, 4.69) is 38.7 Å². The van der Waals surface area contributed by atoms with Gasteiger partial charge >= 0.3 is 5.97 Å². The summed E-state index contributed by atoms with van der Waals surface area (Å²) in [6, 6.07) is 5.47. The van der Waals surface area contributed by atoms with Crippen LogP contribution in [0.3, 0.4) is 0 Å². The normalized spacial score (nSPS) is 21.9. The molecule has 7 nitrogen and oxygen atoms in total. The van der Waals surface area contributed by atoms with Crippen molar-refractivity contribution in [1.82, 2.24) is 9.80 Å². The minimum atomic E-state index is -0.817. The topological polar surface area (TPSA) is 79.3 Å². The summed E-state index contributed by atoms with van der Waals surface area (Å²) in [6.07, 6.45) is 8.84. The van der Waals surface area contributed by atoms with Crippen molar-refractivity contribution < 1.29 is 24.2 Å². The third-order valence-electron chi connectivity index (χ3n) is 7.47. The largest absolute Gasteiger partial charge is 0.481 e. The molecule has 0 aromatic heterocycles. The summed E-state index contributed by atoms with van der Waals surface area (Å²) in [6.45, 7) is 13.0. The van der Waals surface area contributed by atoms with E-state index in [4.69, 9.17) is 9.47 Å². The van der Waals surface area contributed by atoms with Crippen LogP contribution in [0.2, 0.25) is 0 Å². The summed E-state index contributed by atoms with van der Waals surface area (Å²) >= 11 is 0.